The molecule has 0 fully saturated rings. The van der Waals surface area contributed by atoms with Gasteiger partial charge in [0, 0.05) is 18.2 Å². The molecule has 23 heavy (non-hydrogen) atoms. The van der Waals surface area contributed by atoms with Crippen molar-refractivity contribution in [3.05, 3.63) is 60.2 Å². The predicted octanol–water partition coefficient (Wildman–Crippen LogP) is 2.59. The third kappa shape index (κ3) is 5.50. The number of nitrogens with zero attached hydrogens (tertiary/aromatic N) is 3. The summed E-state index contributed by atoms with van der Waals surface area (Å²) in [6.07, 6.45) is 3.99. The van der Waals surface area contributed by atoms with Crippen molar-refractivity contribution in [3.8, 4) is 0 Å². The number of aromatic nitrogens is 2. The van der Waals surface area contributed by atoms with E-state index in [1.165, 1.54) is 6.33 Å². The van der Waals surface area contributed by atoms with Crippen molar-refractivity contribution >= 4 is 11.7 Å². The van der Waals surface area contributed by atoms with Crippen LogP contribution >= 0.6 is 0 Å². The van der Waals surface area contributed by atoms with Gasteiger partial charge in [-0.1, -0.05) is 35.5 Å². The molecule has 0 aliphatic rings. The molecule has 0 unspecified atom stereocenters. The molecule has 0 saturated heterocycles. The van der Waals surface area contributed by atoms with Crippen molar-refractivity contribution in [2.24, 2.45) is 5.16 Å². The van der Waals surface area contributed by atoms with Gasteiger partial charge in [0.05, 0.1) is 12.3 Å². The highest BCUT2D eigenvalue weighted by atomic mass is 16.6. The Bertz CT molecular complexity index is 589. The largest absolute Gasteiger partial charge is 0.466 e. The molecule has 0 amide bonds. The van der Waals surface area contributed by atoms with Gasteiger partial charge in [-0.25, -0.2) is 9.97 Å². The van der Waals surface area contributed by atoms with Crippen molar-refractivity contribution in [2.75, 3.05) is 13.2 Å². The molecule has 0 spiro atoms. The van der Waals surface area contributed by atoms with Crippen molar-refractivity contribution in [3.63, 3.8) is 0 Å². The number of esters is 1. The van der Waals surface area contributed by atoms with Crippen molar-refractivity contribution < 1.29 is 14.4 Å². The van der Waals surface area contributed by atoms with Crippen LogP contribution in [0.4, 0.5) is 0 Å². The summed E-state index contributed by atoms with van der Waals surface area (Å²) in [7, 11) is 0. The smallest absolute Gasteiger partial charge is 0.305 e. The summed E-state index contributed by atoms with van der Waals surface area (Å²) in [6.45, 7) is 2.51. The first-order chi connectivity index (χ1) is 11.3. The van der Waals surface area contributed by atoms with E-state index in [1.807, 2.05) is 30.3 Å². The Morgan fingerprint density at radius 3 is 2.74 bits per heavy atom. The molecular formula is C17H19N3O3. The molecular weight excluding hydrogens is 294 g/mol. The normalized spacial score (nSPS) is 11.1. The number of carbonyl (C=O) groups is 1. The average Bonchev–Trinajstić information content (AvgIpc) is 2.60. The van der Waals surface area contributed by atoms with Gasteiger partial charge in [-0.05, 0) is 19.4 Å². The molecule has 0 N–H and O–H groups in total. The molecule has 120 valence electrons. The highest BCUT2D eigenvalue weighted by molar-refractivity contribution is 6.11. The van der Waals surface area contributed by atoms with E-state index in [0.717, 1.165) is 5.56 Å². The van der Waals surface area contributed by atoms with Crippen LogP contribution in [0.1, 0.15) is 31.0 Å². The van der Waals surface area contributed by atoms with E-state index in [4.69, 9.17) is 9.57 Å². The van der Waals surface area contributed by atoms with E-state index >= 15 is 0 Å². The summed E-state index contributed by atoms with van der Waals surface area (Å²) < 4.78 is 4.86. The first-order valence-corrected chi connectivity index (χ1v) is 7.48. The molecule has 6 heteroatoms. The van der Waals surface area contributed by atoms with Crippen molar-refractivity contribution in [2.45, 2.75) is 19.8 Å². The van der Waals surface area contributed by atoms with Crippen LogP contribution in [0.5, 0.6) is 0 Å². The summed E-state index contributed by atoms with van der Waals surface area (Å²) in [5, 5.41) is 4.18. The van der Waals surface area contributed by atoms with Crippen LogP contribution in [-0.4, -0.2) is 34.9 Å². The molecule has 0 aliphatic carbocycles. The Morgan fingerprint density at radius 1 is 1.22 bits per heavy atom. The third-order valence-corrected chi connectivity index (χ3v) is 2.95. The van der Waals surface area contributed by atoms with E-state index in [9.17, 15) is 4.79 Å². The van der Waals surface area contributed by atoms with E-state index in [2.05, 4.69) is 15.1 Å². The molecule has 0 radical (unpaired) electrons. The van der Waals surface area contributed by atoms with Crippen molar-refractivity contribution in [1.29, 1.82) is 0 Å². The highest BCUT2D eigenvalue weighted by Crippen LogP contribution is 2.09. The van der Waals surface area contributed by atoms with E-state index in [0.29, 0.717) is 37.5 Å². The Morgan fingerprint density at radius 2 is 2.04 bits per heavy atom. The van der Waals surface area contributed by atoms with Gasteiger partial charge in [-0.15, -0.1) is 0 Å². The Labute approximate surface area is 135 Å². The number of carbonyl (C=O) groups excluding carboxylic acids is 1. The molecule has 0 aliphatic heterocycles. The van der Waals surface area contributed by atoms with Gasteiger partial charge in [0.2, 0.25) is 0 Å². The Balaban J connectivity index is 1.99. The summed E-state index contributed by atoms with van der Waals surface area (Å²) in [5.74, 6) is -0.223. The fourth-order valence-electron chi connectivity index (χ4n) is 1.90. The maximum Gasteiger partial charge on any atom is 0.305 e. The summed E-state index contributed by atoms with van der Waals surface area (Å²) >= 11 is 0. The summed E-state index contributed by atoms with van der Waals surface area (Å²) in [4.78, 5) is 24.7. The Kier molecular flexibility index (Phi) is 6.71. The maximum absolute atomic E-state index is 11.3. The van der Waals surface area contributed by atoms with E-state index in [-0.39, 0.29) is 5.97 Å². The first kappa shape index (κ1) is 16.6. The van der Waals surface area contributed by atoms with Crippen LogP contribution in [-0.2, 0) is 14.4 Å². The number of ether oxygens (including phenoxy) is 1. The second-order valence-electron chi connectivity index (χ2n) is 4.64. The molecule has 0 atom stereocenters. The van der Waals surface area contributed by atoms with Gasteiger partial charge < -0.3 is 9.57 Å². The molecule has 2 aromatic rings. The predicted molar refractivity (Wildman–Crippen MR) is 85.9 cm³/mol. The monoisotopic (exact) mass is 313 g/mol. The standard InChI is InChI=1S/C17H19N3O3/c1-2-22-16(21)9-6-12-23-20-17(14-7-4-3-5-8-14)15-10-11-18-13-19-15/h3-5,7-8,10-11,13H,2,6,9,12H2,1H3/b20-17+. The second-order valence-corrected chi connectivity index (χ2v) is 4.64. The third-order valence-electron chi connectivity index (χ3n) is 2.95. The lowest BCUT2D eigenvalue weighted by molar-refractivity contribution is -0.143. The quantitative estimate of drug-likeness (QED) is 0.324. The van der Waals surface area contributed by atoms with Crippen LogP contribution in [0, 0.1) is 0 Å². The van der Waals surface area contributed by atoms with Gasteiger partial charge in [0.15, 0.2) is 0 Å². The molecule has 6 nitrogen and oxygen atoms in total. The van der Waals surface area contributed by atoms with Crippen LogP contribution in [0.25, 0.3) is 0 Å². The highest BCUT2D eigenvalue weighted by Gasteiger charge is 2.09. The topological polar surface area (TPSA) is 73.7 Å². The minimum Gasteiger partial charge on any atom is -0.466 e. The molecule has 2 rings (SSSR count). The maximum atomic E-state index is 11.3. The number of benzene rings is 1. The van der Waals surface area contributed by atoms with Gasteiger partial charge in [0.1, 0.15) is 18.6 Å². The number of oxime groups is 1. The molecule has 1 aromatic carbocycles. The minimum atomic E-state index is -0.223. The zero-order chi connectivity index (χ0) is 16.3. The Hall–Kier alpha value is -2.76. The molecule has 1 aromatic heterocycles. The molecule has 0 saturated carbocycles. The van der Waals surface area contributed by atoms with E-state index in [1.54, 1.807) is 19.2 Å². The van der Waals surface area contributed by atoms with Crippen molar-refractivity contribution in [1.82, 2.24) is 9.97 Å². The molecule has 1 heterocycles. The zero-order valence-corrected chi connectivity index (χ0v) is 13.0. The van der Waals surface area contributed by atoms with Gasteiger partial charge in [-0.3, -0.25) is 4.79 Å². The lowest BCUT2D eigenvalue weighted by Crippen LogP contribution is -2.08. The van der Waals surface area contributed by atoms with E-state index < -0.39 is 0 Å². The lowest BCUT2D eigenvalue weighted by Gasteiger charge is -2.06. The van der Waals surface area contributed by atoms with Crippen LogP contribution in [0.2, 0.25) is 0 Å². The average molecular weight is 313 g/mol. The van der Waals surface area contributed by atoms with Crippen LogP contribution in [0.15, 0.2) is 54.1 Å². The second kappa shape index (κ2) is 9.30. The fraction of sp³-hybridized carbons (Fsp3) is 0.294. The number of rotatable bonds is 8. The van der Waals surface area contributed by atoms with Gasteiger partial charge >= 0.3 is 5.97 Å². The first-order valence-electron chi connectivity index (χ1n) is 7.48. The van der Waals surface area contributed by atoms with Gasteiger partial charge in [0.25, 0.3) is 0 Å². The number of hydrogen-bond acceptors (Lipinski definition) is 6. The lowest BCUT2D eigenvalue weighted by atomic mass is 10.1. The zero-order valence-electron chi connectivity index (χ0n) is 13.0. The number of hydrogen-bond donors (Lipinski definition) is 0. The van der Waals surface area contributed by atoms with Crippen LogP contribution in [0.3, 0.4) is 0 Å². The van der Waals surface area contributed by atoms with Crippen LogP contribution < -0.4 is 0 Å². The van der Waals surface area contributed by atoms with Gasteiger partial charge in [-0.2, -0.15) is 0 Å². The SMILES string of the molecule is CCOC(=O)CCCO/N=C(\c1ccccc1)c1ccncn1. The minimum absolute atomic E-state index is 0.223. The summed E-state index contributed by atoms with van der Waals surface area (Å²) in [5.41, 5.74) is 2.21. The fourth-order valence-corrected chi connectivity index (χ4v) is 1.90. The molecule has 0 bridgehead atoms. The summed E-state index contributed by atoms with van der Waals surface area (Å²) in [6, 6.07) is 11.4.